The Morgan fingerprint density at radius 1 is 1.41 bits per heavy atom. The molecule has 94 valence electrons. The van der Waals surface area contributed by atoms with Gasteiger partial charge < -0.3 is 0 Å². The third-order valence-corrected chi connectivity index (χ3v) is 5.54. The summed E-state index contributed by atoms with van der Waals surface area (Å²) in [5, 5.41) is 0.343. The van der Waals surface area contributed by atoms with Gasteiger partial charge in [0.25, 0.3) is 10.0 Å². The zero-order valence-electron chi connectivity index (χ0n) is 9.37. The number of hydrogen-bond donors (Lipinski definition) is 1. The molecule has 0 saturated heterocycles. The van der Waals surface area contributed by atoms with Crippen molar-refractivity contribution in [2.24, 2.45) is 0 Å². The van der Waals surface area contributed by atoms with E-state index in [4.69, 9.17) is 23.2 Å². The largest absolute Gasteiger partial charge is 0.257 e. The molecule has 2 rings (SSSR count). The van der Waals surface area contributed by atoms with Gasteiger partial charge in [-0.2, -0.15) is 0 Å². The van der Waals surface area contributed by atoms with Gasteiger partial charge in [-0.1, -0.05) is 29.3 Å². The highest BCUT2D eigenvalue weighted by Gasteiger charge is 2.36. The summed E-state index contributed by atoms with van der Waals surface area (Å²) in [4.78, 5) is 0.111. The van der Waals surface area contributed by atoms with E-state index in [1.54, 1.807) is 19.1 Å². The monoisotopic (exact) mass is 294 g/mol. The van der Waals surface area contributed by atoms with E-state index in [1.807, 2.05) is 6.92 Å². The summed E-state index contributed by atoms with van der Waals surface area (Å²) in [5.41, 5.74) is 3.55. The minimum absolute atomic E-state index is 0.0935. The Labute approximate surface area is 111 Å². The maximum atomic E-state index is 12.3. The molecule has 7 heteroatoms. The fraction of sp³-hybridized carbons (Fsp3) is 0.400. The Morgan fingerprint density at radius 2 is 2.06 bits per heavy atom. The molecule has 1 aliphatic heterocycles. The van der Waals surface area contributed by atoms with Gasteiger partial charge in [0.05, 0.1) is 10.0 Å². The Morgan fingerprint density at radius 3 is 2.65 bits per heavy atom. The average Bonchev–Trinajstić information content (AvgIpc) is 2.27. The molecule has 1 heterocycles. The van der Waals surface area contributed by atoms with Gasteiger partial charge in [-0.25, -0.2) is 13.8 Å². The molecule has 1 N–H and O–H groups in total. The Bertz CT molecular complexity index is 560. The molecular formula is C10H12Cl2N2O2S. The molecule has 4 nitrogen and oxygen atoms in total. The van der Waals surface area contributed by atoms with Gasteiger partial charge in [0.1, 0.15) is 4.90 Å². The van der Waals surface area contributed by atoms with Crippen molar-refractivity contribution >= 4 is 33.2 Å². The van der Waals surface area contributed by atoms with Crippen LogP contribution in [0.25, 0.3) is 0 Å². The summed E-state index contributed by atoms with van der Waals surface area (Å²) in [6.07, 6.45) is 0. The van der Waals surface area contributed by atoms with Crippen LogP contribution < -0.4 is 5.43 Å². The van der Waals surface area contributed by atoms with Crippen molar-refractivity contribution < 1.29 is 8.42 Å². The first-order chi connectivity index (χ1) is 7.89. The summed E-state index contributed by atoms with van der Waals surface area (Å²) >= 11 is 11.9. The van der Waals surface area contributed by atoms with E-state index < -0.39 is 10.0 Å². The van der Waals surface area contributed by atoms with Crippen molar-refractivity contribution in [1.82, 2.24) is 9.84 Å². The van der Waals surface area contributed by atoms with E-state index in [0.29, 0.717) is 12.1 Å². The normalized spacial score (nSPS) is 23.4. The highest BCUT2D eigenvalue weighted by atomic mass is 35.5. The minimum atomic E-state index is -3.61. The van der Waals surface area contributed by atoms with E-state index in [0.717, 1.165) is 0 Å². The second-order valence-electron chi connectivity index (χ2n) is 3.80. The third kappa shape index (κ3) is 1.96. The van der Waals surface area contributed by atoms with Gasteiger partial charge in [0.15, 0.2) is 0 Å². The molecule has 0 saturated carbocycles. The summed E-state index contributed by atoms with van der Waals surface area (Å²) < 4.78 is 25.7. The van der Waals surface area contributed by atoms with Gasteiger partial charge >= 0.3 is 0 Å². The number of halogens is 2. The van der Waals surface area contributed by atoms with Crippen LogP contribution in [0.1, 0.15) is 25.5 Å². The zero-order chi connectivity index (χ0) is 12.8. The van der Waals surface area contributed by atoms with Crippen LogP contribution in [0.15, 0.2) is 17.0 Å². The van der Waals surface area contributed by atoms with E-state index in [-0.39, 0.29) is 21.0 Å². The fourth-order valence-electron chi connectivity index (χ4n) is 1.88. The number of hydrazine groups is 1. The Balaban J connectivity index is 2.76. The van der Waals surface area contributed by atoms with E-state index in [2.05, 4.69) is 5.43 Å². The van der Waals surface area contributed by atoms with Crippen LogP contribution in [0.4, 0.5) is 0 Å². The number of rotatable bonds is 1. The van der Waals surface area contributed by atoms with Crippen molar-refractivity contribution in [2.45, 2.75) is 24.8 Å². The Kier molecular flexibility index (Phi) is 3.40. The quantitative estimate of drug-likeness (QED) is 0.866. The Hall–Kier alpha value is -0.330. The summed E-state index contributed by atoms with van der Waals surface area (Å²) in [5.74, 6) is 0. The average molecular weight is 295 g/mol. The number of sulfonamides is 1. The number of fused-ring (bicyclic) bond motifs is 1. The van der Waals surface area contributed by atoms with Crippen LogP contribution in [0.3, 0.4) is 0 Å². The second-order valence-corrected chi connectivity index (χ2v) is 6.38. The lowest BCUT2D eigenvalue weighted by Gasteiger charge is -2.33. The van der Waals surface area contributed by atoms with Crippen molar-refractivity contribution in [3.63, 3.8) is 0 Å². The third-order valence-electron chi connectivity index (χ3n) is 2.72. The van der Waals surface area contributed by atoms with Crippen LogP contribution in [-0.2, 0) is 10.0 Å². The van der Waals surface area contributed by atoms with Crippen molar-refractivity contribution in [2.75, 3.05) is 6.54 Å². The minimum Gasteiger partial charge on any atom is -0.234 e. The fourth-order valence-corrected chi connectivity index (χ4v) is 4.29. The molecule has 0 spiro atoms. The number of benzene rings is 1. The van der Waals surface area contributed by atoms with Crippen molar-refractivity contribution in [3.05, 3.63) is 27.7 Å². The van der Waals surface area contributed by atoms with Crippen LogP contribution >= 0.6 is 23.2 Å². The topological polar surface area (TPSA) is 49.4 Å². The molecule has 0 amide bonds. The van der Waals surface area contributed by atoms with Crippen LogP contribution in [0, 0.1) is 0 Å². The maximum Gasteiger partial charge on any atom is 0.257 e. The van der Waals surface area contributed by atoms with Crippen molar-refractivity contribution in [3.8, 4) is 0 Å². The molecule has 1 aromatic carbocycles. The second kappa shape index (κ2) is 4.40. The SMILES string of the molecule is CCN1NC(C)c2ccc(Cl)c(Cl)c2S1(=O)=O. The van der Waals surface area contributed by atoms with E-state index in [1.165, 1.54) is 4.41 Å². The molecule has 0 radical (unpaired) electrons. The predicted molar refractivity (Wildman–Crippen MR) is 67.6 cm³/mol. The molecule has 0 bridgehead atoms. The van der Waals surface area contributed by atoms with Gasteiger partial charge in [-0.05, 0) is 25.5 Å². The first-order valence-corrected chi connectivity index (χ1v) is 7.36. The lowest BCUT2D eigenvalue weighted by atomic mass is 10.1. The van der Waals surface area contributed by atoms with Gasteiger partial charge in [0, 0.05) is 12.6 Å². The summed E-state index contributed by atoms with van der Waals surface area (Å²) in [7, 11) is -3.61. The van der Waals surface area contributed by atoms with Gasteiger partial charge in [-0.3, -0.25) is 0 Å². The lowest BCUT2D eigenvalue weighted by Crippen LogP contribution is -2.48. The first kappa shape index (κ1) is 13.1. The molecular weight excluding hydrogens is 283 g/mol. The van der Waals surface area contributed by atoms with Crippen LogP contribution in [0.5, 0.6) is 0 Å². The van der Waals surface area contributed by atoms with Crippen molar-refractivity contribution in [1.29, 1.82) is 0 Å². The highest BCUT2D eigenvalue weighted by molar-refractivity contribution is 7.89. The molecule has 0 fully saturated rings. The summed E-state index contributed by atoms with van der Waals surface area (Å²) in [6, 6.07) is 3.17. The standard InChI is InChI=1S/C10H12Cl2N2O2S/c1-3-14-13-6(2)7-4-5-8(11)9(12)10(7)17(14,15)16/h4-6,13H,3H2,1-2H3. The van der Waals surface area contributed by atoms with Crippen LogP contribution in [-0.4, -0.2) is 19.4 Å². The molecule has 1 aromatic rings. The summed E-state index contributed by atoms with van der Waals surface area (Å²) in [6.45, 7) is 3.95. The predicted octanol–water partition coefficient (Wildman–Crippen LogP) is 2.58. The van der Waals surface area contributed by atoms with E-state index >= 15 is 0 Å². The van der Waals surface area contributed by atoms with Gasteiger partial charge in [-0.15, -0.1) is 4.41 Å². The lowest BCUT2D eigenvalue weighted by molar-refractivity contribution is 0.276. The van der Waals surface area contributed by atoms with E-state index in [9.17, 15) is 8.42 Å². The first-order valence-electron chi connectivity index (χ1n) is 5.16. The highest BCUT2D eigenvalue weighted by Crippen LogP contribution is 2.38. The zero-order valence-corrected chi connectivity index (χ0v) is 11.7. The number of nitrogens with zero attached hydrogens (tertiary/aromatic N) is 1. The molecule has 1 atom stereocenters. The number of hydrogen-bond acceptors (Lipinski definition) is 3. The molecule has 0 aliphatic carbocycles. The molecule has 1 aliphatic rings. The van der Waals surface area contributed by atoms with Gasteiger partial charge in [0.2, 0.25) is 0 Å². The maximum absolute atomic E-state index is 12.3. The molecule has 17 heavy (non-hydrogen) atoms. The molecule has 1 unspecified atom stereocenters. The smallest absolute Gasteiger partial charge is 0.234 e. The molecule has 0 aromatic heterocycles. The van der Waals surface area contributed by atoms with Crippen LogP contribution in [0.2, 0.25) is 10.0 Å². The number of nitrogens with one attached hydrogen (secondary N) is 1.